The van der Waals surface area contributed by atoms with Crippen LogP contribution in [-0.2, 0) is 14.4 Å². The van der Waals surface area contributed by atoms with Crippen LogP contribution in [0.3, 0.4) is 0 Å². The summed E-state index contributed by atoms with van der Waals surface area (Å²) in [4.78, 5) is 41.1. The Labute approximate surface area is 180 Å². The van der Waals surface area contributed by atoms with Crippen molar-refractivity contribution in [1.29, 1.82) is 0 Å². The van der Waals surface area contributed by atoms with Crippen LogP contribution in [0.2, 0.25) is 0 Å². The number of aryl methyl sites for hydroxylation is 1. The first kappa shape index (κ1) is 20.7. The van der Waals surface area contributed by atoms with Crippen molar-refractivity contribution in [2.24, 2.45) is 0 Å². The molecule has 0 aliphatic carbocycles. The second-order valence-corrected chi connectivity index (χ2v) is 7.43. The number of hydrazine groups is 1. The van der Waals surface area contributed by atoms with E-state index in [1.54, 1.807) is 24.3 Å². The Balaban J connectivity index is 1.43. The lowest BCUT2D eigenvalue weighted by atomic mass is 10.2. The van der Waals surface area contributed by atoms with Crippen molar-refractivity contribution < 1.29 is 19.1 Å². The van der Waals surface area contributed by atoms with E-state index in [1.165, 1.54) is 4.90 Å². The van der Waals surface area contributed by atoms with Crippen LogP contribution in [0, 0.1) is 6.92 Å². The van der Waals surface area contributed by atoms with Crippen molar-refractivity contribution >= 4 is 29.1 Å². The zero-order valence-electron chi connectivity index (χ0n) is 17.5. The normalized spacial score (nSPS) is 18.3. The minimum Gasteiger partial charge on any atom is -0.494 e. The van der Waals surface area contributed by atoms with E-state index in [-0.39, 0.29) is 6.54 Å². The van der Waals surface area contributed by atoms with Gasteiger partial charge in [0.05, 0.1) is 6.61 Å². The maximum absolute atomic E-state index is 12.6. The molecule has 0 bridgehead atoms. The van der Waals surface area contributed by atoms with Gasteiger partial charge in [0.15, 0.2) is 6.29 Å². The third-order valence-electron chi connectivity index (χ3n) is 5.25. The molecule has 2 heterocycles. The molecule has 1 unspecified atom stereocenters. The van der Waals surface area contributed by atoms with Gasteiger partial charge in [-0.2, -0.15) is 5.43 Å². The van der Waals surface area contributed by atoms with Gasteiger partial charge in [-0.15, -0.1) is 0 Å². The summed E-state index contributed by atoms with van der Waals surface area (Å²) < 4.78 is 5.38. The topological polar surface area (TPSA) is 94.2 Å². The van der Waals surface area contributed by atoms with Crippen LogP contribution in [0.25, 0.3) is 0 Å². The van der Waals surface area contributed by atoms with Crippen LogP contribution < -0.4 is 20.4 Å². The number of carbonyl (C=O) groups excluding carboxylic acids is 3. The van der Waals surface area contributed by atoms with E-state index in [2.05, 4.69) is 10.7 Å². The predicted molar refractivity (Wildman–Crippen MR) is 115 cm³/mol. The molecule has 0 aromatic heterocycles. The maximum atomic E-state index is 12.6. The van der Waals surface area contributed by atoms with Crippen LogP contribution >= 0.6 is 0 Å². The summed E-state index contributed by atoms with van der Waals surface area (Å²) in [5.74, 6) is -1.07. The minimum absolute atomic E-state index is 0.288. The Kier molecular flexibility index (Phi) is 5.77. The smallest absolute Gasteiger partial charge is 0.326 e. The van der Waals surface area contributed by atoms with Crippen LogP contribution in [-0.4, -0.2) is 60.2 Å². The molecule has 31 heavy (non-hydrogen) atoms. The summed E-state index contributed by atoms with van der Waals surface area (Å²) in [6.45, 7) is 5.19. The molecule has 162 valence electrons. The van der Waals surface area contributed by atoms with Gasteiger partial charge in [-0.25, -0.2) is 0 Å². The summed E-state index contributed by atoms with van der Waals surface area (Å²) in [5, 5.41) is 3.82. The monoisotopic (exact) mass is 423 g/mol. The zero-order valence-corrected chi connectivity index (χ0v) is 17.5. The van der Waals surface area contributed by atoms with E-state index in [1.807, 2.05) is 43.0 Å². The van der Waals surface area contributed by atoms with Gasteiger partial charge >= 0.3 is 11.8 Å². The Morgan fingerprint density at radius 3 is 2.39 bits per heavy atom. The van der Waals surface area contributed by atoms with Gasteiger partial charge in [0.1, 0.15) is 12.3 Å². The fourth-order valence-electron chi connectivity index (χ4n) is 3.69. The van der Waals surface area contributed by atoms with Gasteiger partial charge in [0, 0.05) is 24.5 Å². The lowest BCUT2D eigenvalue weighted by Crippen LogP contribution is -2.68. The van der Waals surface area contributed by atoms with E-state index in [0.717, 1.165) is 16.3 Å². The molecule has 2 aliphatic rings. The number of nitrogens with one attached hydrogen (secondary N) is 2. The highest BCUT2D eigenvalue weighted by atomic mass is 16.5. The molecule has 9 heteroatoms. The summed E-state index contributed by atoms with van der Waals surface area (Å²) in [6.07, 6.45) is -0.522. The predicted octanol–water partition coefficient (Wildman–Crippen LogP) is 1.31. The first-order valence-electron chi connectivity index (χ1n) is 10.2. The van der Waals surface area contributed by atoms with Crippen molar-refractivity contribution in [1.82, 2.24) is 15.3 Å². The minimum atomic E-state index is -0.746. The summed E-state index contributed by atoms with van der Waals surface area (Å²) in [7, 11) is 0. The number of hydrogen-bond donors (Lipinski definition) is 2. The van der Waals surface area contributed by atoms with Crippen molar-refractivity contribution in [3.05, 3.63) is 54.1 Å². The fraction of sp³-hybridized carbons (Fsp3) is 0.318. The zero-order chi connectivity index (χ0) is 22.0. The van der Waals surface area contributed by atoms with Crippen LogP contribution in [0.5, 0.6) is 5.75 Å². The molecular formula is C22H25N5O4. The second-order valence-electron chi connectivity index (χ2n) is 7.43. The van der Waals surface area contributed by atoms with Gasteiger partial charge in [0.2, 0.25) is 5.91 Å². The molecule has 2 aliphatic heterocycles. The molecule has 1 atom stereocenters. The van der Waals surface area contributed by atoms with Crippen LogP contribution in [0.15, 0.2) is 48.5 Å². The number of carbonyl (C=O) groups is 3. The quantitative estimate of drug-likeness (QED) is 0.681. The lowest BCUT2D eigenvalue weighted by molar-refractivity contribution is -0.163. The lowest BCUT2D eigenvalue weighted by Gasteiger charge is -2.40. The molecule has 2 saturated heterocycles. The average Bonchev–Trinajstić information content (AvgIpc) is 3.18. The van der Waals surface area contributed by atoms with E-state index >= 15 is 0 Å². The highest BCUT2D eigenvalue weighted by Gasteiger charge is 2.45. The Morgan fingerprint density at radius 2 is 1.71 bits per heavy atom. The van der Waals surface area contributed by atoms with Crippen LogP contribution in [0.4, 0.5) is 11.4 Å². The van der Waals surface area contributed by atoms with Crippen molar-refractivity contribution in [2.75, 3.05) is 36.5 Å². The van der Waals surface area contributed by atoms with Crippen molar-refractivity contribution in [3.63, 3.8) is 0 Å². The van der Waals surface area contributed by atoms with Gasteiger partial charge in [-0.1, -0.05) is 17.7 Å². The molecular weight excluding hydrogens is 398 g/mol. The highest BCUT2D eigenvalue weighted by Crippen LogP contribution is 2.25. The van der Waals surface area contributed by atoms with E-state index < -0.39 is 24.0 Å². The third-order valence-corrected chi connectivity index (χ3v) is 5.25. The Bertz CT molecular complexity index is 976. The number of amides is 3. The second kappa shape index (κ2) is 8.65. The van der Waals surface area contributed by atoms with Gasteiger partial charge in [0.25, 0.3) is 0 Å². The van der Waals surface area contributed by atoms with Gasteiger partial charge in [-0.3, -0.25) is 24.3 Å². The molecule has 0 radical (unpaired) electrons. The van der Waals surface area contributed by atoms with Gasteiger partial charge < -0.3 is 15.0 Å². The van der Waals surface area contributed by atoms with Crippen LogP contribution in [0.1, 0.15) is 12.5 Å². The SMILES string of the molecule is CCOc1ccc(NC(=O)CN2NC3N(CCN3c3ccc(C)cc3)C(=O)C2=O)cc1. The molecule has 2 fully saturated rings. The largest absolute Gasteiger partial charge is 0.494 e. The first-order valence-corrected chi connectivity index (χ1v) is 10.2. The molecule has 3 amide bonds. The fourth-order valence-corrected chi connectivity index (χ4v) is 3.69. The van der Waals surface area contributed by atoms with E-state index in [0.29, 0.717) is 31.1 Å². The number of hydrogen-bond acceptors (Lipinski definition) is 6. The number of fused-ring (bicyclic) bond motifs is 1. The molecule has 2 aromatic carbocycles. The highest BCUT2D eigenvalue weighted by molar-refractivity contribution is 6.35. The molecule has 2 aromatic rings. The molecule has 9 nitrogen and oxygen atoms in total. The molecule has 0 saturated carbocycles. The van der Waals surface area contributed by atoms with Gasteiger partial charge in [-0.05, 0) is 50.2 Å². The Morgan fingerprint density at radius 1 is 1.03 bits per heavy atom. The Hall–Kier alpha value is -3.59. The standard InChI is InChI=1S/C22H25N5O4/c1-3-31-18-10-6-16(7-11-18)23-19(28)14-27-21(30)20(29)26-13-12-25(22(26)24-27)17-8-4-15(2)5-9-17/h4-11,22,24H,3,12-14H2,1-2H3,(H,23,28). The molecule has 2 N–H and O–H groups in total. The first-order chi connectivity index (χ1) is 15.0. The number of rotatable bonds is 6. The summed E-state index contributed by atoms with van der Waals surface area (Å²) in [6, 6.07) is 14.9. The molecule has 4 rings (SSSR count). The van der Waals surface area contributed by atoms with E-state index in [9.17, 15) is 14.4 Å². The van der Waals surface area contributed by atoms with E-state index in [4.69, 9.17) is 4.74 Å². The summed E-state index contributed by atoms with van der Waals surface area (Å²) >= 11 is 0. The maximum Gasteiger partial charge on any atom is 0.326 e. The number of anilines is 2. The van der Waals surface area contributed by atoms with Crippen molar-refractivity contribution in [3.8, 4) is 5.75 Å². The number of benzene rings is 2. The number of ether oxygens (including phenoxy) is 1. The summed E-state index contributed by atoms with van der Waals surface area (Å²) in [5.41, 5.74) is 5.68. The van der Waals surface area contributed by atoms with Crippen molar-refractivity contribution in [2.45, 2.75) is 20.1 Å². The average molecular weight is 423 g/mol. The number of nitrogens with zero attached hydrogens (tertiary/aromatic N) is 3. The third kappa shape index (κ3) is 4.31. The molecule has 0 spiro atoms.